The fourth-order valence-corrected chi connectivity index (χ4v) is 6.20. The number of rotatable bonds is 40. The minimum atomic E-state index is -4.64. The van der Waals surface area contributed by atoms with E-state index in [2.05, 4.69) is 91.3 Å². The number of ether oxygens (including phenoxy) is 2. The molecule has 0 aromatic heterocycles. The van der Waals surface area contributed by atoms with Crippen molar-refractivity contribution in [3.8, 4) is 0 Å². The second kappa shape index (κ2) is 42.3. The Hall–Kier alpha value is -2.85. The summed E-state index contributed by atoms with van der Waals surface area (Å²) in [5.41, 5.74) is 0. The summed E-state index contributed by atoms with van der Waals surface area (Å²) in [5, 5.41) is 18.3. The monoisotopic (exact) mass is 835 g/mol. The lowest BCUT2D eigenvalue weighted by Crippen LogP contribution is -2.29. The van der Waals surface area contributed by atoms with E-state index < -0.39 is 51.8 Å². The average Bonchev–Trinajstić information content (AvgIpc) is 3.21. The molecule has 3 N–H and O–H groups in total. The molecule has 0 rings (SSSR count). The Kier molecular flexibility index (Phi) is 40.2. The van der Waals surface area contributed by atoms with Crippen molar-refractivity contribution in [1.82, 2.24) is 0 Å². The Bertz CT molecular complexity index is 1240. The molecular formula is C47H79O10P. The number of phosphoric acid groups is 1. The smallest absolute Gasteiger partial charge is 0.462 e. The Morgan fingerprint density at radius 1 is 0.534 bits per heavy atom. The molecule has 0 aliphatic carbocycles. The van der Waals surface area contributed by atoms with Gasteiger partial charge in [0.1, 0.15) is 12.7 Å². The number of carbonyl (C=O) groups excluding carboxylic acids is 2. The molecule has 0 aliphatic rings. The largest absolute Gasteiger partial charge is 0.472 e. The Labute approximate surface area is 351 Å². The summed E-state index contributed by atoms with van der Waals surface area (Å²) in [6, 6.07) is 0. The van der Waals surface area contributed by atoms with E-state index in [1.807, 2.05) is 12.2 Å². The first kappa shape index (κ1) is 55.2. The van der Waals surface area contributed by atoms with Crippen LogP contribution in [0.2, 0.25) is 0 Å². The van der Waals surface area contributed by atoms with Gasteiger partial charge in [0.15, 0.2) is 6.10 Å². The highest BCUT2D eigenvalue weighted by Crippen LogP contribution is 2.43. The molecule has 0 saturated carbocycles. The molecule has 0 aromatic rings. The van der Waals surface area contributed by atoms with Crippen LogP contribution in [0.25, 0.3) is 0 Å². The normalized spacial score (nSPS) is 14.6. The van der Waals surface area contributed by atoms with Gasteiger partial charge in [0, 0.05) is 12.8 Å². The first-order valence-corrected chi connectivity index (χ1v) is 23.5. The summed E-state index contributed by atoms with van der Waals surface area (Å²) in [4.78, 5) is 35.0. The molecule has 0 heterocycles. The van der Waals surface area contributed by atoms with E-state index in [0.717, 1.165) is 64.2 Å². The topological polar surface area (TPSA) is 149 Å². The maximum absolute atomic E-state index is 12.6. The van der Waals surface area contributed by atoms with Crippen molar-refractivity contribution in [2.75, 3.05) is 26.4 Å². The maximum atomic E-state index is 12.6. The Morgan fingerprint density at radius 3 is 1.48 bits per heavy atom. The van der Waals surface area contributed by atoms with Crippen molar-refractivity contribution < 1.29 is 47.8 Å². The molecule has 3 unspecified atom stereocenters. The number of hydrogen-bond donors (Lipinski definition) is 3. The fourth-order valence-electron chi connectivity index (χ4n) is 5.41. The van der Waals surface area contributed by atoms with Crippen LogP contribution in [-0.2, 0) is 32.7 Å². The minimum absolute atomic E-state index is 0.0995. The molecular weight excluding hydrogens is 755 g/mol. The van der Waals surface area contributed by atoms with Gasteiger partial charge in [-0.3, -0.25) is 18.6 Å². The third-order valence-corrected chi connectivity index (χ3v) is 9.73. The van der Waals surface area contributed by atoms with Gasteiger partial charge in [-0.15, -0.1) is 0 Å². The highest BCUT2D eigenvalue weighted by atomic mass is 31.2. The van der Waals surface area contributed by atoms with E-state index >= 15 is 0 Å². The lowest BCUT2D eigenvalue weighted by Gasteiger charge is -2.20. The average molecular weight is 835 g/mol. The highest BCUT2D eigenvalue weighted by molar-refractivity contribution is 7.47. The molecule has 0 aromatic carbocycles. The van der Waals surface area contributed by atoms with Crippen LogP contribution in [0.4, 0.5) is 0 Å². The van der Waals surface area contributed by atoms with Crippen molar-refractivity contribution in [3.05, 3.63) is 85.1 Å². The van der Waals surface area contributed by atoms with Crippen LogP contribution in [0.3, 0.4) is 0 Å². The van der Waals surface area contributed by atoms with Gasteiger partial charge in [0.25, 0.3) is 0 Å². The van der Waals surface area contributed by atoms with E-state index in [0.29, 0.717) is 19.3 Å². The van der Waals surface area contributed by atoms with E-state index in [1.54, 1.807) is 0 Å². The van der Waals surface area contributed by atoms with Gasteiger partial charge in [0.05, 0.1) is 19.8 Å². The molecule has 0 radical (unpaired) electrons. The number of hydrogen-bond acceptors (Lipinski definition) is 9. The molecule has 0 saturated heterocycles. The minimum Gasteiger partial charge on any atom is -0.462 e. The molecule has 10 nitrogen and oxygen atoms in total. The standard InChI is InChI=1S/C47H79O10P/c1-3-5-7-9-11-13-15-17-19-21-23-24-26-28-30-32-34-36-38-46(50)54-42-45(43-56-58(52,53)55-41-44(49)40-48)57-47(51)39-37-35-33-31-29-27-25-22-20-18-16-14-12-10-8-6-4-2/h6,8,12-15,18-21,25,27,31,33,44-45,48-49H,3-5,7,9-11,16-17,22-24,26,28-30,32,34-43H2,1-2H3,(H,52,53)/b8-6-,14-12-,15-13-,20-18-,21-19-,27-25-,33-31-. The number of carbonyl (C=O) groups is 2. The van der Waals surface area contributed by atoms with Crippen molar-refractivity contribution >= 4 is 19.8 Å². The maximum Gasteiger partial charge on any atom is 0.472 e. The second-order valence-electron chi connectivity index (χ2n) is 14.3. The van der Waals surface area contributed by atoms with Gasteiger partial charge in [-0.25, -0.2) is 4.57 Å². The number of unbranched alkanes of at least 4 members (excludes halogenated alkanes) is 12. The molecule has 332 valence electrons. The molecule has 0 aliphatic heterocycles. The Morgan fingerprint density at radius 2 is 0.966 bits per heavy atom. The van der Waals surface area contributed by atoms with Gasteiger partial charge >= 0.3 is 19.8 Å². The summed E-state index contributed by atoms with van der Waals surface area (Å²) in [6.07, 6.45) is 49.8. The molecule has 11 heteroatoms. The SMILES string of the molecule is CC/C=C\C/C=C\C/C=C\C/C=C\C/C=C\CCCC(=O)OC(COC(=O)CCCCCCCCC/C=C\C/C=C\CCCCCC)COP(=O)(O)OCC(O)CO. The van der Waals surface area contributed by atoms with Gasteiger partial charge in [-0.1, -0.05) is 150 Å². The summed E-state index contributed by atoms with van der Waals surface area (Å²) in [6.45, 7) is 2.16. The van der Waals surface area contributed by atoms with E-state index in [9.17, 15) is 24.2 Å². The highest BCUT2D eigenvalue weighted by Gasteiger charge is 2.27. The predicted octanol–water partition coefficient (Wildman–Crippen LogP) is 11.8. The van der Waals surface area contributed by atoms with Crippen LogP contribution in [0.1, 0.15) is 162 Å². The summed E-state index contributed by atoms with van der Waals surface area (Å²) >= 11 is 0. The summed E-state index contributed by atoms with van der Waals surface area (Å²) in [5.74, 6) is -1.01. The van der Waals surface area contributed by atoms with Gasteiger partial charge in [0.2, 0.25) is 0 Å². The summed E-state index contributed by atoms with van der Waals surface area (Å²) in [7, 11) is -4.64. The lowest BCUT2D eigenvalue weighted by molar-refractivity contribution is -0.161. The summed E-state index contributed by atoms with van der Waals surface area (Å²) < 4.78 is 32.7. The molecule has 58 heavy (non-hydrogen) atoms. The first-order valence-electron chi connectivity index (χ1n) is 22.0. The lowest BCUT2D eigenvalue weighted by atomic mass is 10.1. The Balaban J connectivity index is 4.40. The van der Waals surface area contributed by atoms with Crippen LogP contribution in [0, 0.1) is 0 Å². The van der Waals surface area contributed by atoms with E-state index in [4.69, 9.17) is 19.1 Å². The van der Waals surface area contributed by atoms with Crippen LogP contribution in [0.15, 0.2) is 85.1 Å². The number of allylic oxidation sites excluding steroid dienone is 14. The van der Waals surface area contributed by atoms with Crippen LogP contribution in [-0.4, -0.2) is 65.7 Å². The molecule has 0 spiro atoms. The van der Waals surface area contributed by atoms with Gasteiger partial charge < -0.3 is 24.6 Å². The third-order valence-electron chi connectivity index (χ3n) is 8.78. The van der Waals surface area contributed by atoms with Crippen molar-refractivity contribution in [3.63, 3.8) is 0 Å². The van der Waals surface area contributed by atoms with E-state index in [-0.39, 0.29) is 19.4 Å². The van der Waals surface area contributed by atoms with Crippen molar-refractivity contribution in [2.24, 2.45) is 0 Å². The fraction of sp³-hybridized carbons (Fsp3) is 0.660. The van der Waals surface area contributed by atoms with Crippen LogP contribution < -0.4 is 0 Å². The zero-order chi connectivity index (χ0) is 42.6. The van der Waals surface area contributed by atoms with Crippen LogP contribution in [0.5, 0.6) is 0 Å². The number of aliphatic hydroxyl groups excluding tert-OH is 2. The molecule has 0 fully saturated rings. The molecule has 0 amide bonds. The van der Waals surface area contributed by atoms with Crippen molar-refractivity contribution in [1.29, 1.82) is 0 Å². The number of esters is 2. The van der Waals surface area contributed by atoms with Gasteiger partial charge in [-0.2, -0.15) is 0 Å². The van der Waals surface area contributed by atoms with Crippen molar-refractivity contribution in [2.45, 2.75) is 174 Å². The molecule has 3 atom stereocenters. The van der Waals surface area contributed by atoms with E-state index in [1.165, 1.54) is 51.4 Å². The number of phosphoric ester groups is 1. The molecule has 0 bridgehead atoms. The van der Waals surface area contributed by atoms with Gasteiger partial charge in [-0.05, 0) is 83.5 Å². The third kappa shape index (κ3) is 41.3. The first-order chi connectivity index (χ1) is 28.2. The second-order valence-corrected chi connectivity index (χ2v) is 15.8. The number of aliphatic hydroxyl groups is 2. The zero-order valence-corrected chi connectivity index (χ0v) is 36.9. The predicted molar refractivity (Wildman–Crippen MR) is 237 cm³/mol. The zero-order valence-electron chi connectivity index (χ0n) is 36.0. The van der Waals surface area contributed by atoms with Crippen LogP contribution >= 0.6 is 7.82 Å². The quantitative estimate of drug-likeness (QED) is 0.0236.